The van der Waals surface area contributed by atoms with Crippen LogP contribution in [0.3, 0.4) is 0 Å². The maximum atomic E-state index is 13.1. The van der Waals surface area contributed by atoms with Gasteiger partial charge in [0.15, 0.2) is 5.96 Å². The van der Waals surface area contributed by atoms with Crippen LogP contribution in [0.2, 0.25) is 0 Å². The van der Waals surface area contributed by atoms with E-state index in [9.17, 15) is 4.39 Å². The molecule has 1 heterocycles. The molecule has 1 saturated heterocycles. The average molecular weight is 367 g/mol. The van der Waals surface area contributed by atoms with Crippen LogP contribution in [0.1, 0.15) is 18.1 Å². The predicted octanol–water partition coefficient (Wildman–Crippen LogP) is 2.07. The second-order valence-electron chi connectivity index (χ2n) is 6.37. The average Bonchev–Trinajstić information content (AvgIpc) is 3.12. The fraction of sp³-hybridized carbons (Fsp3) is 0.632. The maximum Gasteiger partial charge on any atom is 0.193 e. The molecular formula is C19H30FN3O3. The van der Waals surface area contributed by atoms with Gasteiger partial charge in [0.2, 0.25) is 0 Å². The van der Waals surface area contributed by atoms with Gasteiger partial charge in [-0.1, -0.05) is 12.1 Å². The number of hydrogen-bond acceptors (Lipinski definition) is 4. The molecule has 0 bridgehead atoms. The van der Waals surface area contributed by atoms with Gasteiger partial charge in [-0.05, 0) is 24.1 Å². The minimum atomic E-state index is -0.247. The molecule has 1 aliphatic rings. The van der Waals surface area contributed by atoms with Crippen LogP contribution in [-0.2, 0) is 14.2 Å². The largest absolute Gasteiger partial charge is 0.382 e. The van der Waals surface area contributed by atoms with Crippen LogP contribution in [0, 0.1) is 11.7 Å². The molecule has 0 saturated carbocycles. The van der Waals surface area contributed by atoms with Gasteiger partial charge in [0, 0.05) is 46.8 Å². The lowest BCUT2D eigenvalue weighted by atomic mass is 10.1. The van der Waals surface area contributed by atoms with Crippen molar-refractivity contribution < 1.29 is 18.6 Å². The highest BCUT2D eigenvalue weighted by atomic mass is 19.1. The Morgan fingerprint density at radius 3 is 2.73 bits per heavy atom. The Kier molecular flexibility index (Phi) is 8.80. The third-order valence-corrected chi connectivity index (χ3v) is 4.55. The number of hydrogen-bond donors (Lipinski definition) is 1. The second kappa shape index (κ2) is 11.1. The van der Waals surface area contributed by atoms with Crippen molar-refractivity contribution in [1.82, 2.24) is 10.2 Å². The van der Waals surface area contributed by atoms with E-state index in [1.54, 1.807) is 33.4 Å². The molecule has 2 rings (SSSR count). The lowest BCUT2D eigenvalue weighted by molar-refractivity contribution is 0.0536. The summed E-state index contributed by atoms with van der Waals surface area (Å²) < 4.78 is 29.3. The van der Waals surface area contributed by atoms with Crippen LogP contribution >= 0.6 is 0 Å². The highest BCUT2D eigenvalue weighted by Gasteiger charge is 2.25. The summed E-state index contributed by atoms with van der Waals surface area (Å²) >= 11 is 0. The number of ether oxygens (including phenoxy) is 3. The van der Waals surface area contributed by atoms with E-state index in [2.05, 4.69) is 15.2 Å². The second-order valence-corrected chi connectivity index (χ2v) is 6.37. The molecule has 0 aliphatic carbocycles. The highest BCUT2D eigenvalue weighted by molar-refractivity contribution is 5.80. The van der Waals surface area contributed by atoms with E-state index in [0.717, 1.165) is 37.6 Å². The van der Waals surface area contributed by atoms with E-state index in [-0.39, 0.29) is 11.9 Å². The molecule has 1 N–H and O–H groups in total. The van der Waals surface area contributed by atoms with Gasteiger partial charge >= 0.3 is 0 Å². The number of likely N-dealkylation sites (tertiary alicyclic amines) is 1. The SMILES string of the molecule is CN=C(NCC(OC)c1ccc(F)cc1)N1CCC(COCCOC)C1. The van der Waals surface area contributed by atoms with Crippen molar-refractivity contribution in [2.45, 2.75) is 12.5 Å². The van der Waals surface area contributed by atoms with Gasteiger partial charge in [-0.25, -0.2) is 4.39 Å². The van der Waals surface area contributed by atoms with Crippen molar-refractivity contribution >= 4 is 5.96 Å². The van der Waals surface area contributed by atoms with E-state index in [1.807, 2.05) is 0 Å². The number of nitrogens with zero attached hydrogens (tertiary/aromatic N) is 2. The number of guanidine groups is 1. The lowest BCUT2D eigenvalue weighted by Gasteiger charge is -2.24. The number of halogens is 1. The van der Waals surface area contributed by atoms with E-state index >= 15 is 0 Å². The van der Waals surface area contributed by atoms with E-state index in [4.69, 9.17) is 14.2 Å². The normalized spacial score (nSPS) is 19.0. The van der Waals surface area contributed by atoms with Crippen molar-refractivity contribution in [2.24, 2.45) is 10.9 Å². The molecule has 0 amide bonds. The van der Waals surface area contributed by atoms with Crippen molar-refractivity contribution in [3.05, 3.63) is 35.6 Å². The minimum Gasteiger partial charge on any atom is -0.382 e. The van der Waals surface area contributed by atoms with Gasteiger partial charge in [0.05, 0.1) is 25.9 Å². The summed E-state index contributed by atoms with van der Waals surface area (Å²) in [7, 11) is 5.11. The van der Waals surface area contributed by atoms with Gasteiger partial charge in [0.25, 0.3) is 0 Å². The Hall–Kier alpha value is -1.70. The van der Waals surface area contributed by atoms with Crippen molar-refractivity contribution in [2.75, 3.05) is 60.7 Å². The molecule has 1 aromatic carbocycles. The summed E-state index contributed by atoms with van der Waals surface area (Å²) in [6.07, 6.45) is 0.919. The molecule has 26 heavy (non-hydrogen) atoms. The van der Waals surface area contributed by atoms with Gasteiger partial charge in [0.1, 0.15) is 5.82 Å². The smallest absolute Gasteiger partial charge is 0.193 e. The number of methoxy groups -OCH3 is 2. The molecule has 1 fully saturated rings. The first-order valence-corrected chi connectivity index (χ1v) is 8.98. The Morgan fingerprint density at radius 2 is 2.08 bits per heavy atom. The van der Waals surface area contributed by atoms with Crippen molar-refractivity contribution in [1.29, 1.82) is 0 Å². The number of nitrogens with one attached hydrogen (secondary N) is 1. The predicted molar refractivity (Wildman–Crippen MR) is 99.9 cm³/mol. The third-order valence-electron chi connectivity index (χ3n) is 4.55. The monoisotopic (exact) mass is 367 g/mol. The summed E-state index contributed by atoms with van der Waals surface area (Å²) in [5, 5.41) is 3.37. The first-order chi connectivity index (χ1) is 12.7. The fourth-order valence-electron chi connectivity index (χ4n) is 3.08. The summed E-state index contributed by atoms with van der Waals surface area (Å²) in [5.74, 6) is 1.11. The minimum absolute atomic E-state index is 0.164. The first-order valence-electron chi connectivity index (χ1n) is 8.98. The lowest BCUT2D eigenvalue weighted by Crippen LogP contribution is -2.42. The Bertz CT molecular complexity index is 553. The Morgan fingerprint density at radius 1 is 1.31 bits per heavy atom. The fourth-order valence-corrected chi connectivity index (χ4v) is 3.08. The molecule has 0 radical (unpaired) electrons. The zero-order valence-electron chi connectivity index (χ0n) is 15.9. The zero-order valence-corrected chi connectivity index (χ0v) is 15.9. The Balaban J connectivity index is 1.80. The topological polar surface area (TPSA) is 55.3 Å². The van der Waals surface area contributed by atoms with Crippen LogP contribution in [-0.4, -0.2) is 71.6 Å². The van der Waals surface area contributed by atoms with Crippen LogP contribution in [0.5, 0.6) is 0 Å². The Labute approximate surface area is 155 Å². The quantitative estimate of drug-likeness (QED) is 0.411. The van der Waals surface area contributed by atoms with E-state index < -0.39 is 0 Å². The van der Waals surface area contributed by atoms with Crippen LogP contribution in [0.15, 0.2) is 29.3 Å². The number of benzene rings is 1. The maximum absolute atomic E-state index is 13.1. The summed E-state index contributed by atoms with van der Waals surface area (Å²) in [6.45, 7) is 4.44. The van der Waals surface area contributed by atoms with E-state index in [1.165, 1.54) is 12.1 Å². The summed E-state index contributed by atoms with van der Waals surface area (Å²) in [5.41, 5.74) is 0.933. The van der Waals surface area contributed by atoms with E-state index in [0.29, 0.717) is 25.7 Å². The standard InChI is InChI=1S/C19H30FN3O3/c1-21-19(23-9-8-15(13-23)14-26-11-10-24-2)22-12-18(25-3)16-4-6-17(20)7-5-16/h4-7,15,18H,8-14H2,1-3H3,(H,21,22). The zero-order chi connectivity index (χ0) is 18.8. The van der Waals surface area contributed by atoms with Crippen molar-refractivity contribution in [3.63, 3.8) is 0 Å². The summed E-state index contributed by atoms with van der Waals surface area (Å²) in [6, 6.07) is 6.39. The molecule has 2 atom stereocenters. The molecule has 6 nitrogen and oxygen atoms in total. The molecule has 0 aromatic heterocycles. The van der Waals surface area contributed by atoms with Gasteiger partial charge in [-0.2, -0.15) is 0 Å². The van der Waals surface area contributed by atoms with Crippen molar-refractivity contribution in [3.8, 4) is 0 Å². The molecule has 7 heteroatoms. The molecule has 1 aromatic rings. The number of rotatable bonds is 9. The number of aliphatic imine (C=N–C) groups is 1. The van der Waals surface area contributed by atoms with Crippen LogP contribution in [0.4, 0.5) is 4.39 Å². The van der Waals surface area contributed by atoms with Crippen LogP contribution in [0.25, 0.3) is 0 Å². The third kappa shape index (κ3) is 6.23. The molecule has 0 spiro atoms. The highest BCUT2D eigenvalue weighted by Crippen LogP contribution is 2.18. The van der Waals surface area contributed by atoms with Gasteiger partial charge in [-0.3, -0.25) is 4.99 Å². The molecule has 1 aliphatic heterocycles. The molecule has 146 valence electrons. The summed E-state index contributed by atoms with van der Waals surface area (Å²) in [4.78, 5) is 6.62. The van der Waals surface area contributed by atoms with Gasteiger partial charge in [-0.15, -0.1) is 0 Å². The molecular weight excluding hydrogens is 337 g/mol. The molecule has 2 unspecified atom stereocenters. The first kappa shape index (κ1) is 20.6. The van der Waals surface area contributed by atoms with Crippen LogP contribution < -0.4 is 5.32 Å². The van der Waals surface area contributed by atoms with Gasteiger partial charge < -0.3 is 24.4 Å².